The van der Waals surface area contributed by atoms with Crippen LogP contribution in [0.1, 0.15) is 15.9 Å². The van der Waals surface area contributed by atoms with Crippen molar-refractivity contribution in [2.24, 2.45) is 0 Å². The monoisotopic (exact) mass is 291 g/mol. The normalized spacial score (nSPS) is 12.2. The van der Waals surface area contributed by atoms with Crippen LogP contribution in [0, 0.1) is 0 Å². The molecule has 1 aliphatic rings. The molecule has 0 aliphatic heterocycles. The SMILES string of the molecule is COc1cc2cc3c(nc2cc1OC)-c1ccccc1C3=O. The van der Waals surface area contributed by atoms with Crippen molar-refractivity contribution >= 4 is 16.7 Å². The number of fused-ring (bicyclic) bond motifs is 4. The molecule has 4 nitrogen and oxygen atoms in total. The smallest absolute Gasteiger partial charge is 0.195 e. The van der Waals surface area contributed by atoms with Crippen molar-refractivity contribution in [3.05, 3.63) is 53.6 Å². The van der Waals surface area contributed by atoms with Gasteiger partial charge in [-0.3, -0.25) is 4.79 Å². The Morgan fingerprint density at radius 2 is 1.55 bits per heavy atom. The molecule has 1 heterocycles. The van der Waals surface area contributed by atoms with E-state index in [1.165, 1.54) is 0 Å². The molecule has 1 aliphatic carbocycles. The first-order valence-corrected chi connectivity index (χ1v) is 6.94. The molecule has 22 heavy (non-hydrogen) atoms. The quantitative estimate of drug-likeness (QED) is 0.567. The Labute approximate surface area is 127 Å². The number of aromatic nitrogens is 1. The minimum absolute atomic E-state index is 0.0229. The van der Waals surface area contributed by atoms with E-state index in [9.17, 15) is 4.79 Å². The summed E-state index contributed by atoms with van der Waals surface area (Å²) in [4.78, 5) is 17.2. The van der Waals surface area contributed by atoms with Crippen LogP contribution in [0.3, 0.4) is 0 Å². The van der Waals surface area contributed by atoms with Crippen molar-refractivity contribution in [1.82, 2.24) is 4.98 Å². The molecule has 0 atom stereocenters. The first-order valence-electron chi connectivity index (χ1n) is 6.94. The summed E-state index contributed by atoms with van der Waals surface area (Å²) in [5.74, 6) is 1.27. The maximum atomic E-state index is 12.5. The van der Waals surface area contributed by atoms with Crippen LogP contribution in [0.4, 0.5) is 0 Å². The van der Waals surface area contributed by atoms with E-state index < -0.39 is 0 Å². The average Bonchev–Trinajstić information content (AvgIpc) is 2.84. The molecule has 0 saturated heterocycles. The maximum absolute atomic E-state index is 12.5. The first-order chi connectivity index (χ1) is 10.7. The summed E-state index contributed by atoms with van der Waals surface area (Å²) >= 11 is 0. The standard InChI is InChI=1S/C18H13NO3/c1-21-15-8-10-7-13-17(19-14(10)9-16(15)22-2)11-5-3-4-6-12(11)18(13)20/h3-9H,1-2H3. The lowest BCUT2D eigenvalue weighted by molar-refractivity contribution is 0.104. The molecule has 0 N–H and O–H groups in total. The molecule has 4 rings (SSSR count). The van der Waals surface area contributed by atoms with Gasteiger partial charge in [0.1, 0.15) is 0 Å². The van der Waals surface area contributed by atoms with Gasteiger partial charge in [0.05, 0.1) is 25.4 Å². The second kappa shape index (κ2) is 4.56. The third-order valence-corrected chi connectivity index (χ3v) is 3.99. The van der Waals surface area contributed by atoms with Gasteiger partial charge >= 0.3 is 0 Å². The molecule has 1 aromatic heterocycles. The van der Waals surface area contributed by atoms with Gasteiger partial charge in [0, 0.05) is 28.1 Å². The summed E-state index contributed by atoms with van der Waals surface area (Å²) < 4.78 is 10.6. The lowest BCUT2D eigenvalue weighted by Crippen LogP contribution is -1.97. The van der Waals surface area contributed by atoms with Crippen LogP contribution in [0.5, 0.6) is 11.5 Å². The van der Waals surface area contributed by atoms with Crippen molar-refractivity contribution in [3.63, 3.8) is 0 Å². The van der Waals surface area contributed by atoms with Gasteiger partial charge < -0.3 is 9.47 Å². The second-order valence-electron chi connectivity index (χ2n) is 5.16. The molecule has 0 saturated carbocycles. The fourth-order valence-corrected chi connectivity index (χ4v) is 2.91. The zero-order chi connectivity index (χ0) is 15.3. The summed E-state index contributed by atoms with van der Waals surface area (Å²) in [6.07, 6.45) is 0. The highest BCUT2D eigenvalue weighted by molar-refractivity contribution is 6.22. The van der Waals surface area contributed by atoms with Crippen LogP contribution >= 0.6 is 0 Å². The molecule has 0 bridgehead atoms. The van der Waals surface area contributed by atoms with Gasteiger partial charge in [-0.1, -0.05) is 24.3 Å². The Hall–Kier alpha value is -2.88. The average molecular weight is 291 g/mol. The van der Waals surface area contributed by atoms with E-state index in [-0.39, 0.29) is 5.78 Å². The van der Waals surface area contributed by atoms with E-state index in [2.05, 4.69) is 4.98 Å². The number of hydrogen-bond acceptors (Lipinski definition) is 4. The lowest BCUT2D eigenvalue weighted by atomic mass is 10.1. The van der Waals surface area contributed by atoms with Crippen molar-refractivity contribution < 1.29 is 14.3 Å². The topological polar surface area (TPSA) is 48.4 Å². The number of nitrogens with zero attached hydrogens (tertiary/aromatic N) is 1. The van der Waals surface area contributed by atoms with Crippen LogP contribution in [-0.4, -0.2) is 25.0 Å². The first kappa shape index (κ1) is 12.8. The summed E-state index contributed by atoms with van der Waals surface area (Å²) in [5, 5.41) is 0.859. The molecule has 0 radical (unpaired) electrons. The summed E-state index contributed by atoms with van der Waals surface area (Å²) in [6, 6.07) is 13.1. The number of ketones is 1. The van der Waals surface area contributed by atoms with Crippen LogP contribution in [0.15, 0.2) is 42.5 Å². The molecule has 4 heteroatoms. The Morgan fingerprint density at radius 1 is 0.864 bits per heavy atom. The third kappa shape index (κ3) is 1.64. The maximum Gasteiger partial charge on any atom is 0.195 e. The van der Waals surface area contributed by atoms with E-state index in [4.69, 9.17) is 9.47 Å². The molecule has 2 aromatic carbocycles. The lowest BCUT2D eigenvalue weighted by Gasteiger charge is -2.10. The zero-order valence-electron chi connectivity index (χ0n) is 12.2. The van der Waals surface area contributed by atoms with Gasteiger partial charge in [-0.2, -0.15) is 0 Å². The van der Waals surface area contributed by atoms with Gasteiger partial charge in [-0.05, 0) is 12.1 Å². The number of benzene rings is 2. The van der Waals surface area contributed by atoms with Gasteiger partial charge in [0.25, 0.3) is 0 Å². The molecule has 0 unspecified atom stereocenters. The number of carbonyl (C=O) groups is 1. The molecular weight excluding hydrogens is 278 g/mol. The summed E-state index contributed by atoms with van der Waals surface area (Å²) in [7, 11) is 3.18. The Balaban J connectivity index is 2.03. The number of carbonyl (C=O) groups excluding carboxylic acids is 1. The zero-order valence-corrected chi connectivity index (χ0v) is 12.2. The largest absolute Gasteiger partial charge is 0.493 e. The van der Waals surface area contributed by atoms with Crippen LogP contribution in [0.2, 0.25) is 0 Å². The Kier molecular flexibility index (Phi) is 2.66. The predicted molar refractivity (Wildman–Crippen MR) is 83.7 cm³/mol. The van der Waals surface area contributed by atoms with Gasteiger partial charge in [-0.25, -0.2) is 4.98 Å². The molecule has 0 fully saturated rings. The van der Waals surface area contributed by atoms with Crippen LogP contribution in [-0.2, 0) is 0 Å². The molecule has 108 valence electrons. The fourth-order valence-electron chi connectivity index (χ4n) is 2.91. The summed E-state index contributed by atoms with van der Waals surface area (Å²) in [6.45, 7) is 0. The highest BCUT2D eigenvalue weighted by atomic mass is 16.5. The minimum Gasteiger partial charge on any atom is -0.493 e. The van der Waals surface area contributed by atoms with Gasteiger partial charge in [-0.15, -0.1) is 0 Å². The third-order valence-electron chi connectivity index (χ3n) is 3.99. The number of rotatable bonds is 2. The predicted octanol–water partition coefficient (Wildman–Crippen LogP) is 3.46. The van der Waals surface area contributed by atoms with E-state index in [0.717, 1.165) is 22.2 Å². The van der Waals surface area contributed by atoms with Crippen molar-refractivity contribution in [1.29, 1.82) is 0 Å². The Bertz CT molecular complexity index is 931. The van der Waals surface area contributed by atoms with Crippen molar-refractivity contribution in [2.75, 3.05) is 14.2 Å². The van der Waals surface area contributed by atoms with E-state index in [1.54, 1.807) is 14.2 Å². The number of ether oxygens (including phenoxy) is 2. The van der Waals surface area contributed by atoms with E-state index in [0.29, 0.717) is 22.6 Å². The number of pyridine rings is 1. The van der Waals surface area contributed by atoms with Gasteiger partial charge in [0.15, 0.2) is 17.3 Å². The van der Waals surface area contributed by atoms with E-state index >= 15 is 0 Å². The minimum atomic E-state index is 0.0229. The van der Waals surface area contributed by atoms with Crippen LogP contribution in [0.25, 0.3) is 22.2 Å². The molecule has 3 aromatic rings. The Morgan fingerprint density at radius 3 is 2.27 bits per heavy atom. The van der Waals surface area contributed by atoms with Gasteiger partial charge in [0.2, 0.25) is 0 Å². The van der Waals surface area contributed by atoms with E-state index in [1.807, 2.05) is 42.5 Å². The molecule has 0 amide bonds. The fraction of sp³-hybridized carbons (Fsp3) is 0.111. The highest BCUT2D eigenvalue weighted by Gasteiger charge is 2.28. The molecular formula is C18H13NO3. The van der Waals surface area contributed by atoms with Crippen molar-refractivity contribution in [2.45, 2.75) is 0 Å². The summed E-state index contributed by atoms with van der Waals surface area (Å²) in [5.41, 5.74) is 3.75. The van der Waals surface area contributed by atoms with Crippen LogP contribution < -0.4 is 9.47 Å². The highest BCUT2D eigenvalue weighted by Crippen LogP contribution is 2.39. The number of hydrogen-bond donors (Lipinski definition) is 0. The molecule has 0 spiro atoms. The second-order valence-corrected chi connectivity index (χ2v) is 5.16. The number of methoxy groups -OCH3 is 2. The van der Waals surface area contributed by atoms with Crippen molar-refractivity contribution in [3.8, 4) is 22.8 Å².